The largest absolute Gasteiger partial charge is 0.388 e. The Bertz CT molecular complexity index is 742. The van der Waals surface area contributed by atoms with Crippen LogP contribution in [0.4, 0.5) is 0 Å². The second-order valence-electron chi connectivity index (χ2n) is 9.34. The van der Waals surface area contributed by atoms with Crippen LogP contribution in [-0.2, 0) is 9.59 Å². The van der Waals surface area contributed by atoms with Gasteiger partial charge >= 0.3 is 0 Å². The summed E-state index contributed by atoms with van der Waals surface area (Å²) in [6.07, 6.45) is 9.57. The quantitative estimate of drug-likeness (QED) is 0.696. The Morgan fingerprint density at radius 1 is 1.23 bits per heavy atom. The minimum atomic E-state index is -1.49. The van der Waals surface area contributed by atoms with Gasteiger partial charge in [0.25, 0.3) is 0 Å². The molecule has 0 amide bonds. The van der Waals surface area contributed by atoms with Crippen molar-refractivity contribution in [3.05, 3.63) is 23.8 Å². The van der Waals surface area contributed by atoms with Crippen molar-refractivity contribution in [3.8, 4) is 0 Å². The molecule has 0 saturated heterocycles. The number of rotatable bonds is 2. The lowest BCUT2D eigenvalue weighted by Crippen LogP contribution is -2.68. The lowest BCUT2D eigenvalue weighted by molar-refractivity contribution is -0.165. The topological polar surface area (TPSA) is 101 Å². The SMILES string of the molecule is CC12C=CC(=O)C=C1CCC1(N)C2CCC2(C)C1CCC2(O)C(=O)CO. The molecule has 6 atom stereocenters. The highest BCUT2D eigenvalue weighted by Gasteiger charge is 2.69. The van der Waals surface area contributed by atoms with E-state index >= 15 is 0 Å². The van der Waals surface area contributed by atoms with Crippen LogP contribution in [0, 0.1) is 22.7 Å². The monoisotopic (exact) mass is 359 g/mol. The highest BCUT2D eigenvalue weighted by atomic mass is 16.3. The molecule has 26 heavy (non-hydrogen) atoms. The van der Waals surface area contributed by atoms with Crippen molar-refractivity contribution >= 4 is 11.6 Å². The minimum absolute atomic E-state index is 0.0265. The van der Waals surface area contributed by atoms with Crippen molar-refractivity contribution in [2.75, 3.05) is 6.61 Å². The van der Waals surface area contributed by atoms with Gasteiger partial charge in [-0.25, -0.2) is 0 Å². The fraction of sp³-hybridized carbons (Fsp3) is 0.714. The number of fused-ring (bicyclic) bond motifs is 5. The predicted octanol–water partition coefficient (Wildman–Crippen LogP) is 1.67. The number of aliphatic hydroxyl groups is 2. The van der Waals surface area contributed by atoms with E-state index in [2.05, 4.69) is 6.92 Å². The smallest absolute Gasteiger partial charge is 0.190 e. The lowest BCUT2D eigenvalue weighted by Gasteiger charge is -2.62. The van der Waals surface area contributed by atoms with E-state index in [1.807, 2.05) is 13.0 Å². The number of hydrogen-bond acceptors (Lipinski definition) is 5. The molecule has 4 N–H and O–H groups in total. The molecule has 6 unspecified atom stereocenters. The summed E-state index contributed by atoms with van der Waals surface area (Å²) in [6.45, 7) is 3.53. The Kier molecular flexibility index (Phi) is 3.73. The summed E-state index contributed by atoms with van der Waals surface area (Å²) in [7, 11) is 0. The summed E-state index contributed by atoms with van der Waals surface area (Å²) >= 11 is 0. The van der Waals surface area contributed by atoms with Gasteiger partial charge in [-0.1, -0.05) is 25.5 Å². The molecular formula is C21H29NO4. The van der Waals surface area contributed by atoms with E-state index in [9.17, 15) is 19.8 Å². The Hall–Kier alpha value is -1.30. The first-order valence-corrected chi connectivity index (χ1v) is 9.71. The third kappa shape index (κ3) is 1.97. The molecule has 0 aromatic heterocycles. The highest BCUT2D eigenvalue weighted by molar-refractivity contribution is 6.01. The molecule has 3 fully saturated rings. The fourth-order valence-corrected chi connectivity index (χ4v) is 7.01. The first-order valence-electron chi connectivity index (χ1n) is 9.71. The average Bonchev–Trinajstić information content (AvgIpc) is 2.88. The van der Waals surface area contributed by atoms with Gasteiger partial charge in [-0.15, -0.1) is 0 Å². The van der Waals surface area contributed by atoms with Crippen LogP contribution in [0.3, 0.4) is 0 Å². The Labute approximate surface area is 154 Å². The van der Waals surface area contributed by atoms with E-state index in [0.717, 1.165) is 19.3 Å². The molecule has 0 spiro atoms. The molecule has 4 rings (SSSR count). The first kappa shape index (κ1) is 18.1. The van der Waals surface area contributed by atoms with Crippen LogP contribution >= 0.6 is 0 Å². The third-order valence-electron chi connectivity index (χ3n) is 8.52. The van der Waals surface area contributed by atoms with E-state index in [4.69, 9.17) is 5.73 Å². The molecule has 0 radical (unpaired) electrons. The molecule has 5 nitrogen and oxygen atoms in total. The highest BCUT2D eigenvalue weighted by Crippen LogP contribution is 2.67. The molecule has 3 saturated carbocycles. The second kappa shape index (κ2) is 5.37. The van der Waals surface area contributed by atoms with Crippen molar-refractivity contribution in [2.45, 2.75) is 63.5 Å². The third-order valence-corrected chi connectivity index (χ3v) is 8.52. The molecule has 142 valence electrons. The van der Waals surface area contributed by atoms with Crippen LogP contribution in [0.25, 0.3) is 0 Å². The van der Waals surface area contributed by atoms with Crippen molar-refractivity contribution in [1.29, 1.82) is 0 Å². The van der Waals surface area contributed by atoms with Crippen LogP contribution < -0.4 is 5.73 Å². The van der Waals surface area contributed by atoms with E-state index in [1.165, 1.54) is 5.57 Å². The van der Waals surface area contributed by atoms with Crippen LogP contribution in [-0.4, -0.2) is 39.5 Å². The van der Waals surface area contributed by atoms with E-state index in [1.54, 1.807) is 12.2 Å². The zero-order chi connectivity index (χ0) is 19.0. The number of nitrogens with two attached hydrogens (primary N) is 1. The van der Waals surface area contributed by atoms with Crippen molar-refractivity contribution < 1.29 is 19.8 Å². The number of aliphatic hydroxyl groups excluding tert-OH is 1. The number of carbonyl (C=O) groups excluding carboxylic acids is 2. The molecule has 0 aromatic carbocycles. The van der Waals surface area contributed by atoms with E-state index < -0.39 is 28.9 Å². The Morgan fingerprint density at radius 3 is 2.62 bits per heavy atom. The van der Waals surface area contributed by atoms with Gasteiger partial charge in [0.05, 0.1) is 0 Å². The van der Waals surface area contributed by atoms with Gasteiger partial charge in [-0.05, 0) is 62.5 Å². The molecule has 0 aliphatic heterocycles. The predicted molar refractivity (Wildman–Crippen MR) is 97.1 cm³/mol. The standard InChI is InChI=1S/C21H29NO4/c1-18-7-4-14(24)11-13(18)3-9-20(22)15(18)5-8-19(2)16(20)6-10-21(19,26)17(25)12-23/h4,7,11,15-16,23,26H,3,5-6,8-10,12,22H2,1-2H3. The van der Waals surface area contributed by atoms with Crippen LogP contribution in [0.2, 0.25) is 0 Å². The summed E-state index contributed by atoms with van der Waals surface area (Å²) in [5.41, 5.74) is 5.45. The summed E-state index contributed by atoms with van der Waals surface area (Å²) in [5.74, 6) is -0.218. The normalized spacial score (nSPS) is 49.9. The minimum Gasteiger partial charge on any atom is -0.388 e. The molecule has 0 aromatic rings. The number of allylic oxidation sites excluding steroid dienone is 4. The summed E-state index contributed by atoms with van der Waals surface area (Å²) in [4.78, 5) is 24.2. The fourth-order valence-electron chi connectivity index (χ4n) is 7.01. The van der Waals surface area contributed by atoms with Gasteiger partial charge < -0.3 is 15.9 Å². The maximum absolute atomic E-state index is 12.4. The summed E-state index contributed by atoms with van der Waals surface area (Å²) < 4.78 is 0. The second-order valence-corrected chi connectivity index (χ2v) is 9.34. The average molecular weight is 359 g/mol. The molecule has 4 aliphatic rings. The summed E-state index contributed by atoms with van der Waals surface area (Å²) in [5, 5.41) is 20.6. The lowest BCUT2D eigenvalue weighted by atomic mass is 9.44. The van der Waals surface area contributed by atoms with Crippen LogP contribution in [0.1, 0.15) is 52.4 Å². The summed E-state index contributed by atoms with van der Waals surface area (Å²) in [6, 6.07) is 0. The molecule has 0 heterocycles. The molecular weight excluding hydrogens is 330 g/mol. The maximum Gasteiger partial charge on any atom is 0.190 e. The van der Waals surface area contributed by atoms with Crippen molar-refractivity contribution in [1.82, 2.24) is 0 Å². The molecule has 0 bridgehead atoms. The van der Waals surface area contributed by atoms with Gasteiger partial charge in [0.1, 0.15) is 12.2 Å². The number of carbonyl (C=O) groups is 2. The maximum atomic E-state index is 12.4. The number of ketones is 2. The van der Waals surface area contributed by atoms with Crippen molar-refractivity contribution in [3.63, 3.8) is 0 Å². The molecule has 4 aliphatic carbocycles. The van der Waals surface area contributed by atoms with Gasteiger partial charge in [-0.2, -0.15) is 0 Å². The number of hydrogen-bond donors (Lipinski definition) is 3. The zero-order valence-corrected chi connectivity index (χ0v) is 15.6. The van der Waals surface area contributed by atoms with Crippen LogP contribution in [0.5, 0.6) is 0 Å². The first-order chi connectivity index (χ1) is 12.1. The zero-order valence-electron chi connectivity index (χ0n) is 15.6. The van der Waals surface area contributed by atoms with Gasteiger partial charge in [0.2, 0.25) is 0 Å². The van der Waals surface area contributed by atoms with Gasteiger partial charge in [-0.3, -0.25) is 9.59 Å². The van der Waals surface area contributed by atoms with Crippen molar-refractivity contribution in [2.24, 2.45) is 28.4 Å². The van der Waals surface area contributed by atoms with E-state index in [-0.39, 0.29) is 23.0 Å². The Balaban J connectivity index is 1.76. The van der Waals surface area contributed by atoms with Crippen LogP contribution in [0.15, 0.2) is 23.8 Å². The van der Waals surface area contributed by atoms with Gasteiger partial charge in [0.15, 0.2) is 11.6 Å². The molecule has 5 heteroatoms. The van der Waals surface area contributed by atoms with E-state index in [0.29, 0.717) is 19.3 Å². The van der Waals surface area contributed by atoms with Gasteiger partial charge in [0, 0.05) is 16.4 Å². The number of Topliss-reactive ketones (excluding diaryl/α,β-unsaturated/α-hetero) is 1. The Morgan fingerprint density at radius 2 is 1.92 bits per heavy atom.